The summed E-state index contributed by atoms with van der Waals surface area (Å²) in [5.41, 5.74) is 0.0846. The van der Waals surface area contributed by atoms with E-state index in [1.165, 1.54) is 70.6 Å². The lowest BCUT2D eigenvalue weighted by Gasteiger charge is -2.26. The first-order chi connectivity index (χ1) is 13.1. The van der Waals surface area contributed by atoms with Crippen LogP contribution < -0.4 is 0 Å². The van der Waals surface area contributed by atoms with Crippen LogP contribution >= 0.6 is 7.60 Å². The monoisotopic (exact) mass is 404 g/mol. The zero-order valence-corrected chi connectivity index (χ0v) is 19.9. The largest absolute Gasteiger partial charge is 0.333 e. The Balaban J connectivity index is 4.46. The average Bonchev–Trinajstić information content (AvgIpc) is 2.68. The molecule has 0 spiro atoms. The van der Waals surface area contributed by atoms with Crippen LogP contribution in [0.5, 0.6) is 0 Å². The van der Waals surface area contributed by atoms with Gasteiger partial charge in [0.2, 0.25) is 0 Å². The summed E-state index contributed by atoms with van der Waals surface area (Å²) in [5, 5.41) is 0. The van der Waals surface area contributed by atoms with E-state index in [0.29, 0.717) is 6.61 Å². The third kappa shape index (κ3) is 14.8. The first kappa shape index (κ1) is 27.1. The second-order valence-corrected chi connectivity index (χ2v) is 10.5. The van der Waals surface area contributed by atoms with Crippen molar-refractivity contribution >= 4 is 7.60 Å². The highest BCUT2D eigenvalue weighted by Gasteiger charge is 2.33. The van der Waals surface area contributed by atoms with Gasteiger partial charge in [0.05, 0.1) is 12.3 Å². The van der Waals surface area contributed by atoms with Gasteiger partial charge in [-0.1, -0.05) is 111 Å². The third-order valence-electron chi connectivity index (χ3n) is 5.50. The smallest absolute Gasteiger partial charge is 0.312 e. The van der Waals surface area contributed by atoms with E-state index >= 15 is 0 Å². The predicted molar refractivity (Wildman–Crippen MR) is 120 cm³/mol. The fourth-order valence-electron chi connectivity index (χ4n) is 3.63. The normalized spacial score (nSPS) is 14.0. The number of hydrogen-bond donors (Lipinski definition) is 0. The molecule has 0 fully saturated rings. The Morgan fingerprint density at radius 1 is 0.630 bits per heavy atom. The van der Waals surface area contributed by atoms with E-state index in [-0.39, 0.29) is 5.66 Å². The van der Waals surface area contributed by atoms with Crippen molar-refractivity contribution in [1.29, 1.82) is 0 Å². The Bertz CT molecular complexity index is 333. The van der Waals surface area contributed by atoms with E-state index in [9.17, 15) is 4.57 Å². The molecule has 0 aromatic carbocycles. The Labute approximate surface area is 170 Å². The molecule has 0 heterocycles. The van der Waals surface area contributed by atoms with E-state index in [1.807, 2.05) is 0 Å². The van der Waals surface area contributed by atoms with Gasteiger partial charge in [0.1, 0.15) is 0 Å². The van der Waals surface area contributed by atoms with E-state index in [2.05, 4.69) is 20.8 Å². The highest BCUT2D eigenvalue weighted by atomic mass is 31.2. The van der Waals surface area contributed by atoms with Crippen molar-refractivity contribution in [3.05, 3.63) is 0 Å². The van der Waals surface area contributed by atoms with Crippen molar-refractivity contribution in [3.63, 3.8) is 0 Å². The van der Waals surface area contributed by atoms with Crippen LogP contribution in [0.1, 0.15) is 130 Å². The van der Waals surface area contributed by atoms with Crippen LogP contribution in [0.15, 0.2) is 0 Å². The van der Waals surface area contributed by atoms with Crippen molar-refractivity contribution in [2.75, 3.05) is 13.7 Å². The van der Waals surface area contributed by atoms with Crippen molar-refractivity contribution in [3.8, 4) is 0 Å². The van der Waals surface area contributed by atoms with Crippen LogP contribution in [0.3, 0.4) is 0 Å². The first-order valence-electron chi connectivity index (χ1n) is 11.9. The molecule has 1 unspecified atom stereocenters. The molecule has 0 saturated carbocycles. The van der Waals surface area contributed by atoms with Crippen LogP contribution in [-0.4, -0.2) is 19.4 Å². The molecule has 0 amide bonds. The van der Waals surface area contributed by atoms with Gasteiger partial charge >= 0.3 is 7.60 Å². The number of hydrogen-bond acceptors (Lipinski definition) is 3. The molecule has 0 bridgehead atoms. The molecule has 0 aromatic rings. The Morgan fingerprint density at radius 3 is 1.44 bits per heavy atom. The summed E-state index contributed by atoms with van der Waals surface area (Å²) in [6.45, 7) is 7.29. The van der Waals surface area contributed by atoms with E-state index in [4.69, 9.17) is 9.05 Å². The van der Waals surface area contributed by atoms with Crippen LogP contribution in [-0.2, 0) is 13.6 Å². The highest BCUT2D eigenvalue weighted by molar-refractivity contribution is 7.54. The van der Waals surface area contributed by atoms with Crippen LogP contribution in [0.25, 0.3) is 0 Å². The second-order valence-electron chi connectivity index (χ2n) is 8.03. The van der Waals surface area contributed by atoms with Gasteiger partial charge in [0.25, 0.3) is 0 Å². The lowest BCUT2D eigenvalue weighted by molar-refractivity contribution is 0.216. The van der Waals surface area contributed by atoms with Crippen molar-refractivity contribution in [2.24, 2.45) is 0 Å². The second kappa shape index (κ2) is 19.5. The number of unbranched alkanes of at least 4 members (excludes halogenated alkanes) is 12. The maximum Gasteiger partial charge on any atom is 0.333 e. The number of rotatable bonds is 21. The van der Waals surface area contributed by atoms with Gasteiger partial charge in [-0.25, -0.2) is 0 Å². The molecule has 0 saturated heterocycles. The fourth-order valence-corrected chi connectivity index (χ4v) is 5.63. The average molecular weight is 405 g/mol. The van der Waals surface area contributed by atoms with E-state index < -0.39 is 7.60 Å². The standard InChI is InChI=1S/C23H49O3P/c1-5-8-11-14-17-20-23(21-18-15-12-9-6-2)27(24,25-4)26-22-19-16-13-10-7-3/h23H,5-22H2,1-4H3. The molecule has 0 aromatic heterocycles. The molecule has 27 heavy (non-hydrogen) atoms. The molecular formula is C23H49O3P. The predicted octanol–water partition coefficient (Wildman–Crippen LogP) is 8.90. The Kier molecular flexibility index (Phi) is 19.6. The van der Waals surface area contributed by atoms with Gasteiger partial charge in [-0.15, -0.1) is 0 Å². The van der Waals surface area contributed by atoms with Crippen LogP contribution in [0.2, 0.25) is 0 Å². The highest BCUT2D eigenvalue weighted by Crippen LogP contribution is 2.56. The molecule has 3 nitrogen and oxygen atoms in total. The van der Waals surface area contributed by atoms with Gasteiger partial charge in [-0.3, -0.25) is 4.57 Å². The maximum atomic E-state index is 13.4. The first-order valence-corrected chi connectivity index (χ1v) is 13.6. The zero-order valence-electron chi connectivity index (χ0n) is 19.0. The summed E-state index contributed by atoms with van der Waals surface area (Å²) in [7, 11) is -1.39. The molecule has 1 atom stereocenters. The SMILES string of the molecule is CCCCCCCOP(=O)(OC)C(CCCCCCC)CCCCCCC. The molecule has 164 valence electrons. The van der Waals surface area contributed by atoms with Crippen molar-refractivity contribution < 1.29 is 13.6 Å². The van der Waals surface area contributed by atoms with E-state index in [0.717, 1.165) is 38.5 Å². The molecule has 4 heteroatoms. The van der Waals surface area contributed by atoms with Gasteiger partial charge in [0, 0.05) is 7.11 Å². The van der Waals surface area contributed by atoms with Crippen molar-refractivity contribution in [2.45, 2.75) is 136 Å². The molecule has 0 aliphatic carbocycles. The van der Waals surface area contributed by atoms with Crippen LogP contribution in [0, 0.1) is 0 Å². The summed E-state index contributed by atoms with van der Waals surface area (Å²) >= 11 is 0. The minimum Gasteiger partial charge on any atom is -0.312 e. The quantitative estimate of drug-likeness (QED) is 0.141. The Hall–Kier alpha value is 0.150. The van der Waals surface area contributed by atoms with Gasteiger partial charge in [-0.05, 0) is 19.3 Å². The molecule has 0 aliphatic heterocycles. The maximum absolute atomic E-state index is 13.4. The van der Waals surface area contributed by atoms with E-state index in [1.54, 1.807) is 7.11 Å². The summed E-state index contributed by atoms with van der Waals surface area (Å²) in [4.78, 5) is 0. The molecule has 0 aliphatic rings. The van der Waals surface area contributed by atoms with Crippen molar-refractivity contribution in [1.82, 2.24) is 0 Å². The summed E-state index contributed by atoms with van der Waals surface area (Å²) in [6, 6.07) is 0. The topological polar surface area (TPSA) is 35.5 Å². The molecule has 0 N–H and O–H groups in total. The third-order valence-corrected chi connectivity index (χ3v) is 7.96. The Morgan fingerprint density at radius 2 is 1.04 bits per heavy atom. The van der Waals surface area contributed by atoms with Gasteiger partial charge in [-0.2, -0.15) is 0 Å². The lowest BCUT2D eigenvalue weighted by atomic mass is 10.0. The lowest BCUT2D eigenvalue weighted by Crippen LogP contribution is -2.13. The molecule has 0 rings (SSSR count). The summed E-state index contributed by atoms with van der Waals surface area (Å²) in [6.07, 6.45) is 20.4. The van der Waals surface area contributed by atoms with Gasteiger partial charge < -0.3 is 9.05 Å². The minimum absolute atomic E-state index is 0.0846. The van der Waals surface area contributed by atoms with Gasteiger partial charge in [0.15, 0.2) is 0 Å². The fraction of sp³-hybridized carbons (Fsp3) is 1.00. The molecule has 0 radical (unpaired) electrons. The summed E-state index contributed by atoms with van der Waals surface area (Å²) in [5.74, 6) is 0. The molecular weight excluding hydrogens is 355 g/mol. The van der Waals surface area contributed by atoms with Crippen LogP contribution in [0.4, 0.5) is 0 Å². The summed E-state index contributed by atoms with van der Waals surface area (Å²) < 4.78 is 24.8. The minimum atomic E-state index is -2.98. The zero-order chi connectivity index (χ0) is 20.2.